The van der Waals surface area contributed by atoms with Crippen LogP contribution in [0.1, 0.15) is 39.0 Å². The normalized spacial score (nSPS) is 29.4. The van der Waals surface area contributed by atoms with Crippen LogP contribution in [0.3, 0.4) is 0 Å². The van der Waals surface area contributed by atoms with Gasteiger partial charge < -0.3 is 10.5 Å². The van der Waals surface area contributed by atoms with Gasteiger partial charge in [0.1, 0.15) is 0 Å². The Kier molecular flexibility index (Phi) is 6.60. The van der Waals surface area contributed by atoms with Gasteiger partial charge in [-0.15, -0.1) is 0 Å². The van der Waals surface area contributed by atoms with E-state index in [9.17, 15) is 8.42 Å². The standard InChI is InChI=1S/C13H27NO3S/c1-3-4-11-5-6-12(10-14)13(9-11)18(15,16)8-7-17-2/h11-13H,3-10,14H2,1-2H3. The van der Waals surface area contributed by atoms with Crippen LogP contribution in [-0.2, 0) is 14.6 Å². The van der Waals surface area contributed by atoms with Crippen LogP contribution >= 0.6 is 0 Å². The van der Waals surface area contributed by atoms with Crippen LogP contribution in [0.4, 0.5) is 0 Å². The number of rotatable bonds is 7. The molecule has 0 aliphatic heterocycles. The Balaban J connectivity index is 2.73. The van der Waals surface area contributed by atoms with Gasteiger partial charge in [-0.05, 0) is 31.2 Å². The quantitative estimate of drug-likeness (QED) is 0.767. The molecule has 0 aromatic carbocycles. The van der Waals surface area contributed by atoms with Gasteiger partial charge in [0, 0.05) is 7.11 Å². The van der Waals surface area contributed by atoms with Crippen molar-refractivity contribution in [3.05, 3.63) is 0 Å². The first-order chi connectivity index (χ1) is 8.55. The largest absolute Gasteiger partial charge is 0.384 e. The Hall–Kier alpha value is -0.130. The SMILES string of the molecule is CCCC1CCC(CN)C(S(=O)(=O)CCOC)C1. The van der Waals surface area contributed by atoms with E-state index in [1.54, 1.807) is 0 Å². The van der Waals surface area contributed by atoms with Crippen LogP contribution in [0.2, 0.25) is 0 Å². The van der Waals surface area contributed by atoms with E-state index in [1.165, 1.54) is 7.11 Å². The minimum absolute atomic E-state index is 0.128. The molecule has 1 aliphatic rings. The second-order valence-corrected chi connectivity index (χ2v) is 7.70. The van der Waals surface area contributed by atoms with E-state index in [1.807, 2.05) is 0 Å². The molecule has 0 bridgehead atoms. The zero-order chi connectivity index (χ0) is 13.6. The highest BCUT2D eigenvalue weighted by molar-refractivity contribution is 7.92. The van der Waals surface area contributed by atoms with Gasteiger partial charge in [-0.25, -0.2) is 8.42 Å². The van der Waals surface area contributed by atoms with Gasteiger partial charge in [0.15, 0.2) is 9.84 Å². The van der Waals surface area contributed by atoms with E-state index in [4.69, 9.17) is 10.5 Å². The first-order valence-electron chi connectivity index (χ1n) is 6.95. The molecule has 108 valence electrons. The Morgan fingerprint density at radius 2 is 2.06 bits per heavy atom. The molecule has 5 heteroatoms. The van der Waals surface area contributed by atoms with Crippen molar-refractivity contribution >= 4 is 9.84 Å². The van der Waals surface area contributed by atoms with Crippen molar-refractivity contribution in [3.63, 3.8) is 0 Å². The first-order valence-corrected chi connectivity index (χ1v) is 8.67. The number of ether oxygens (including phenoxy) is 1. The summed E-state index contributed by atoms with van der Waals surface area (Å²) in [6, 6.07) is 0. The van der Waals surface area contributed by atoms with Crippen molar-refractivity contribution in [2.75, 3.05) is 26.0 Å². The molecule has 1 fully saturated rings. The van der Waals surface area contributed by atoms with Crippen LogP contribution in [0.25, 0.3) is 0 Å². The lowest BCUT2D eigenvalue weighted by atomic mass is 9.80. The van der Waals surface area contributed by atoms with Gasteiger partial charge in [0.05, 0.1) is 17.6 Å². The molecular weight excluding hydrogens is 250 g/mol. The van der Waals surface area contributed by atoms with Crippen molar-refractivity contribution in [1.29, 1.82) is 0 Å². The van der Waals surface area contributed by atoms with Crippen LogP contribution in [0.15, 0.2) is 0 Å². The summed E-state index contributed by atoms with van der Waals surface area (Å²) in [6.45, 7) is 2.92. The van der Waals surface area contributed by atoms with Crippen molar-refractivity contribution in [2.24, 2.45) is 17.6 Å². The van der Waals surface area contributed by atoms with Crippen molar-refractivity contribution in [1.82, 2.24) is 0 Å². The third-order valence-electron chi connectivity index (χ3n) is 4.07. The maximum atomic E-state index is 12.3. The summed E-state index contributed by atoms with van der Waals surface area (Å²) in [5.41, 5.74) is 5.74. The topological polar surface area (TPSA) is 69.4 Å². The summed E-state index contributed by atoms with van der Waals surface area (Å²) in [6.07, 6.45) is 5.14. The maximum absolute atomic E-state index is 12.3. The fourth-order valence-electron chi connectivity index (χ4n) is 3.01. The Morgan fingerprint density at radius 3 is 2.61 bits per heavy atom. The second kappa shape index (κ2) is 7.46. The third-order valence-corrected chi connectivity index (χ3v) is 6.31. The van der Waals surface area contributed by atoms with Gasteiger partial charge in [-0.2, -0.15) is 0 Å². The highest BCUT2D eigenvalue weighted by Gasteiger charge is 2.37. The van der Waals surface area contributed by atoms with E-state index in [-0.39, 0.29) is 23.5 Å². The highest BCUT2D eigenvalue weighted by Crippen LogP contribution is 2.35. The fourth-order valence-corrected chi connectivity index (χ4v) is 5.11. The summed E-state index contributed by atoms with van der Waals surface area (Å²) in [4.78, 5) is 0. The monoisotopic (exact) mass is 277 g/mol. The zero-order valence-electron chi connectivity index (χ0n) is 11.6. The molecule has 0 amide bonds. The van der Waals surface area contributed by atoms with Crippen molar-refractivity contribution in [3.8, 4) is 0 Å². The van der Waals surface area contributed by atoms with Crippen LogP contribution in [0, 0.1) is 11.8 Å². The summed E-state index contributed by atoms with van der Waals surface area (Å²) in [7, 11) is -1.52. The summed E-state index contributed by atoms with van der Waals surface area (Å²) < 4.78 is 29.6. The van der Waals surface area contributed by atoms with Gasteiger partial charge in [-0.3, -0.25) is 0 Å². The lowest BCUT2D eigenvalue weighted by Gasteiger charge is -2.35. The zero-order valence-corrected chi connectivity index (χ0v) is 12.4. The second-order valence-electron chi connectivity index (χ2n) is 5.36. The number of nitrogens with two attached hydrogens (primary N) is 1. The summed E-state index contributed by atoms with van der Waals surface area (Å²) >= 11 is 0. The molecule has 3 unspecified atom stereocenters. The Morgan fingerprint density at radius 1 is 1.33 bits per heavy atom. The van der Waals surface area contributed by atoms with E-state index >= 15 is 0 Å². The third kappa shape index (κ3) is 4.21. The number of sulfone groups is 1. The van der Waals surface area contributed by atoms with Crippen molar-refractivity contribution in [2.45, 2.75) is 44.3 Å². The fraction of sp³-hybridized carbons (Fsp3) is 1.00. The predicted molar refractivity (Wildman–Crippen MR) is 74.2 cm³/mol. The van der Waals surface area contributed by atoms with Gasteiger partial charge in [0.25, 0.3) is 0 Å². The van der Waals surface area contributed by atoms with E-state index in [2.05, 4.69) is 6.92 Å². The van der Waals surface area contributed by atoms with E-state index < -0.39 is 9.84 Å². The molecule has 1 rings (SSSR count). The molecule has 2 N–H and O–H groups in total. The molecule has 1 aliphatic carbocycles. The number of hydrogen-bond acceptors (Lipinski definition) is 4. The van der Waals surface area contributed by atoms with Gasteiger partial charge in [-0.1, -0.05) is 26.2 Å². The molecule has 0 aromatic rings. The molecule has 1 saturated carbocycles. The molecule has 3 atom stereocenters. The van der Waals surface area contributed by atoms with Crippen LogP contribution < -0.4 is 5.73 Å². The summed E-state index contributed by atoms with van der Waals surface area (Å²) in [5, 5.41) is -0.247. The van der Waals surface area contributed by atoms with Crippen LogP contribution in [-0.4, -0.2) is 39.7 Å². The maximum Gasteiger partial charge on any atom is 0.155 e. The van der Waals surface area contributed by atoms with Crippen molar-refractivity contribution < 1.29 is 13.2 Å². The average molecular weight is 277 g/mol. The van der Waals surface area contributed by atoms with Gasteiger partial charge in [0.2, 0.25) is 0 Å². The lowest BCUT2D eigenvalue weighted by Crippen LogP contribution is -2.41. The summed E-state index contributed by atoms with van der Waals surface area (Å²) in [5.74, 6) is 0.823. The highest BCUT2D eigenvalue weighted by atomic mass is 32.2. The molecule has 0 aromatic heterocycles. The molecular formula is C13H27NO3S. The van der Waals surface area contributed by atoms with Gasteiger partial charge >= 0.3 is 0 Å². The smallest absolute Gasteiger partial charge is 0.155 e. The Bertz CT molecular complexity index is 329. The first kappa shape index (κ1) is 15.9. The molecule has 0 spiro atoms. The van der Waals surface area contributed by atoms with E-state index in [0.717, 1.165) is 32.1 Å². The molecule has 18 heavy (non-hydrogen) atoms. The molecule has 0 heterocycles. The number of methoxy groups -OCH3 is 1. The lowest BCUT2D eigenvalue weighted by molar-refractivity contribution is 0.215. The molecule has 0 radical (unpaired) electrons. The number of hydrogen-bond donors (Lipinski definition) is 1. The predicted octanol–water partition coefficient (Wildman–Crippen LogP) is 1.59. The minimum Gasteiger partial charge on any atom is -0.384 e. The molecule has 4 nitrogen and oxygen atoms in total. The molecule has 0 saturated heterocycles. The minimum atomic E-state index is -3.06. The van der Waals surface area contributed by atoms with E-state index in [0.29, 0.717) is 12.5 Å². The van der Waals surface area contributed by atoms with Crippen LogP contribution in [0.5, 0.6) is 0 Å². The Labute approximate surface area is 111 Å². The average Bonchev–Trinajstić information content (AvgIpc) is 2.37.